The summed E-state index contributed by atoms with van der Waals surface area (Å²) < 4.78 is 3.58. The van der Waals surface area contributed by atoms with E-state index in [1.54, 1.807) is 9.13 Å². The fraction of sp³-hybridized carbons (Fsp3) is 0.600. The average molecular weight is 217 g/mol. The van der Waals surface area contributed by atoms with Gasteiger partial charge < -0.3 is 12.4 Å². The zero-order valence-corrected chi connectivity index (χ0v) is 9.93. The highest BCUT2D eigenvalue weighted by atomic mass is 35.5. The van der Waals surface area contributed by atoms with Gasteiger partial charge in [0.15, 0.2) is 0 Å². The van der Waals surface area contributed by atoms with Crippen LogP contribution in [-0.2, 0) is 13.1 Å². The maximum Gasteiger partial charge on any atom is 0.498 e. The van der Waals surface area contributed by atoms with Crippen molar-refractivity contribution in [2.45, 2.75) is 40.8 Å². The maximum atomic E-state index is 11.8. The van der Waals surface area contributed by atoms with Crippen molar-refractivity contribution >= 4 is 0 Å². The predicted molar refractivity (Wildman–Crippen MR) is 51.7 cm³/mol. The highest BCUT2D eigenvalue weighted by Crippen LogP contribution is 1.94. The lowest BCUT2D eigenvalue weighted by atomic mass is 10.3. The van der Waals surface area contributed by atoms with E-state index >= 15 is 0 Å². The summed E-state index contributed by atoms with van der Waals surface area (Å²) in [6.45, 7) is 9.40. The summed E-state index contributed by atoms with van der Waals surface area (Å²) in [6.07, 6.45) is 0. The van der Waals surface area contributed by atoms with Crippen molar-refractivity contribution in [1.82, 2.24) is 4.57 Å². The van der Waals surface area contributed by atoms with Crippen LogP contribution >= 0.6 is 0 Å². The van der Waals surface area contributed by atoms with Crippen molar-refractivity contribution in [3.63, 3.8) is 0 Å². The first-order valence-corrected chi connectivity index (χ1v) is 4.72. The van der Waals surface area contributed by atoms with Crippen molar-refractivity contribution in [3.8, 4) is 0 Å². The number of nitrogens with zero attached hydrogens (tertiary/aromatic N) is 2. The molecule has 0 aromatic carbocycles. The van der Waals surface area contributed by atoms with Crippen molar-refractivity contribution in [2.75, 3.05) is 0 Å². The Labute approximate surface area is 90.8 Å². The second kappa shape index (κ2) is 5.15. The molecular weight excluding hydrogens is 200 g/mol. The summed E-state index contributed by atoms with van der Waals surface area (Å²) in [5, 5.41) is 0. The Morgan fingerprint density at radius 1 is 1.36 bits per heavy atom. The van der Waals surface area contributed by atoms with E-state index in [1.807, 2.05) is 27.7 Å². The van der Waals surface area contributed by atoms with Gasteiger partial charge in [-0.2, -0.15) is 13.9 Å². The second-order valence-electron chi connectivity index (χ2n) is 3.20. The van der Waals surface area contributed by atoms with E-state index in [0.717, 1.165) is 24.5 Å². The first kappa shape index (κ1) is 13.2. The van der Waals surface area contributed by atoms with Crippen molar-refractivity contribution in [1.29, 1.82) is 0 Å². The fourth-order valence-corrected chi connectivity index (χ4v) is 1.67. The minimum atomic E-state index is 0. The monoisotopic (exact) mass is 216 g/mol. The molecule has 1 rings (SSSR count). The van der Waals surface area contributed by atoms with Gasteiger partial charge in [0.2, 0.25) is 0 Å². The normalized spacial score (nSPS) is 9.71. The van der Waals surface area contributed by atoms with Gasteiger partial charge in [0.05, 0.1) is 13.1 Å². The van der Waals surface area contributed by atoms with E-state index < -0.39 is 0 Å². The summed E-state index contributed by atoms with van der Waals surface area (Å²) in [6, 6.07) is 2.05. The summed E-state index contributed by atoms with van der Waals surface area (Å²) in [5.41, 5.74) is 2.17. The van der Waals surface area contributed by atoms with Crippen LogP contribution in [0.3, 0.4) is 0 Å². The number of halogens is 1. The van der Waals surface area contributed by atoms with Gasteiger partial charge in [0, 0.05) is 6.07 Å². The molecular formula is C10H17ClN2O. The molecule has 0 radical (unpaired) electrons. The Morgan fingerprint density at radius 2 is 1.93 bits per heavy atom. The molecule has 3 nitrogen and oxygen atoms in total. The molecule has 0 saturated carbocycles. The Kier molecular flexibility index (Phi) is 4.85. The van der Waals surface area contributed by atoms with Gasteiger partial charge in [-0.25, -0.2) is 0 Å². The summed E-state index contributed by atoms with van der Waals surface area (Å²) in [4.78, 5) is 11.8. The Balaban J connectivity index is 0.00000169. The summed E-state index contributed by atoms with van der Waals surface area (Å²) >= 11 is 0. The third-order valence-corrected chi connectivity index (χ3v) is 2.36. The maximum absolute atomic E-state index is 11.8. The second-order valence-corrected chi connectivity index (χ2v) is 3.20. The molecule has 0 atom stereocenters. The number of aromatic nitrogens is 2. The fourth-order valence-electron chi connectivity index (χ4n) is 1.67. The van der Waals surface area contributed by atoms with Crippen LogP contribution in [-0.4, -0.2) is 4.57 Å². The summed E-state index contributed by atoms with van der Waals surface area (Å²) in [5.74, 6) is 0. The Bertz CT molecular complexity index is 340. The van der Waals surface area contributed by atoms with Gasteiger partial charge in [0.1, 0.15) is 11.4 Å². The van der Waals surface area contributed by atoms with Gasteiger partial charge >= 0.3 is 5.69 Å². The van der Waals surface area contributed by atoms with E-state index in [2.05, 4.69) is 6.07 Å². The SMILES string of the molecule is CCn1c(C)cc(C)[n+](CC)c1=O.[Cl-]. The number of rotatable bonds is 2. The van der Waals surface area contributed by atoms with Crippen LogP contribution in [0.5, 0.6) is 0 Å². The van der Waals surface area contributed by atoms with Gasteiger partial charge in [-0.1, -0.05) is 0 Å². The van der Waals surface area contributed by atoms with E-state index in [9.17, 15) is 4.79 Å². The molecule has 1 aromatic heterocycles. The van der Waals surface area contributed by atoms with Crippen LogP contribution in [0.15, 0.2) is 10.9 Å². The van der Waals surface area contributed by atoms with Crippen molar-refractivity contribution in [3.05, 3.63) is 27.9 Å². The van der Waals surface area contributed by atoms with E-state index in [1.165, 1.54) is 0 Å². The van der Waals surface area contributed by atoms with E-state index in [-0.39, 0.29) is 18.1 Å². The van der Waals surface area contributed by atoms with Crippen LogP contribution < -0.4 is 22.7 Å². The smallest absolute Gasteiger partial charge is 0.498 e. The zero-order valence-electron chi connectivity index (χ0n) is 9.17. The van der Waals surface area contributed by atoms with Crippen LogP contribution in [0.2, 0.25) is 0 Å². The molecule has 0 aliphatic rings. The molecule has 4 heteroatoms. The molecule has 0 aliphatic carbocycles. The van der Waals surface area contributed by atoms with E-state index in [4.69, 9.17) is 0 Å². The van der Waals surface area contributed by atoms with Crippen molar-refractivity contribution in [2.24, 2.45) is 0 Å². The molecule has 1 heterocycles. The molecule has 0 N–H and O–H groups in total. The van der Waals surface area contributed by atoms with Crippen LogP contribution in [0, 0.1) is 13.8 Å². The molecule has 0 fully saturated rings. The minimum absolute atomic E-state index is 0. The third-order valence-electron chi connectivity index (χ3n) is 2.36. The lowest BCUT2D eigenvalue weighted by Crippen LogP contribution is -3.00. The quantitative estimate of drug-likeness (QED) is 0.516. The lowest BCUT2D eigenvalue weighted by Gasteiger charge is -2.04. The number of aryl methyl sites for hydroxylation is 2. The largest absolute Gasteiger partial charge is 1.00 e. The van der Waals surface area contributed by atoms with Crippen LogP contribution in [0.1, 0.15) is 25.2 Å². The zero-order chi connectivity index (χ0) is 10.0. The highest BCUT2D eigenvalue weighted by Gasteiger charge is 2.13. The van der Waals surface area contributed by atoms with Gasteiger partial charge in [-0.15, -0.1) is 0 Å². The van der Waals surface area contributed by atoms with Gasteiger partial charge in [0.25, 0.3) is 0 Å². The third kappa shape index (κ3) is 2.15. The first-order valence-electron chi connectivity index (χ1n) is 4.72. The molecule has 0 unspecified atom stereocenters. The first-order chi connectivity index (χ1) is 6.11. The lowest BCUT2D eigenvalue weighted by molar-refractivity contribution is -0.718. The topological polar surface area (TPSA) is 25.9 Å². The molecule has 14 heavy (non-hydrogen) atoms. The molecule has 0 aliphatic heterocycles. The molecule has 0 spiro atoms. The van der Waals surface area contributed by atoms with E-state index in [0.29, 0.717) is 0 Å². The Hall–Kier alpha value is -0.830. The number of hydrogen-bond acceptors (Lipinski definition) is 1. The van der Waals surface area contributed by atoms with Crippen LogP contribution in [0.4, 0.5) is 0 Å². The standard InChI is InChI=1S/C10H17N2O.ClH/c1-5-11-8(3)7-9(4)12(6-2)10(11)13;/h7H,5-6H2,1-4H3;1H/q+1;/p-1. The highest BCUT2D eigenvalue weighted by molar-refractivity contribution is 5.02. The minimum Gasteiger partial charge on any atom is -1.00 e. The molecule has 0 amide bonds. The molecule has 0 saturated heterocycles. The van der Waals surface area contributed by atoms with Gasteiger partial charge in [-0.05, 0) is 27.7 Å². The summed E-state index contributed by atoms with van der Waals surface area (Å²) in [7, 11) is 0. The molecule has 80 valence electrons. The number of hydrogen-bond donors (Lipinski definition) is 0. The van der Waals surface area contributed by atoms with Crippen LogP contribution in [0.25, 0.3) is 0 Å². The average Bonchev–Trinajstić information content (AvgIpc) is 2.04. The Morgan fingerprint density at radius 3 is 2.36 bits per heavy atom. The van der Waals surface area contributed by atoms with Crippen molar-refractivity contribution < 1.29 is 17.0 Å². The predicted octanol–water partition coefficient (Wildman–Crippen LogP) is -2.20. The molecule has 1 aromatic rings. The van der Waals surface area contributed by atoms with Gasteiger partial charge in [-0.3, -0.25) is 0 Å². The molecule has 0 bridgehead atoms.